The molecule has 2 aromatic rings. The zero-order valence-electron chi connectivity index (χ0n) is 18.4. The zero-order chi connectivity index (χ0) is 21.2. The van der Waals surface area contributed by atoms with Gasteiger partial charge in [-0.25, -0.2) is 0 Å². The van der Waals surface area contributed by atoms with E-state index in [1.165, 1.54) is 18.4 Å². The third kappa shape index (κ3) is 6.19. The van der Waals surface area contributed by atoms with Crippen molar-refractivity contribution in [2.45, 2.75) is 45.6 Å². The van der Waals surface area contributed by atoms with E-state index in [1.54, 1.807) is 7.11 Å². The molecule has 0 spiro atoms. The smallest absolute Gasteiger partial charge is 0.226 e. The summed E-state index contributed by atoms with van der Waals surface area (Å²) >= 11 is 0. The minimum Gasteiger partial charge on any atom is -0.496 e. The summed E-state index contributed by atoms with van der Waals surface area (Å²) in [4.78, 5) is 11.7. The number of ether oxygens (including phenoxy) is 1. The maximum atomic E-state index is 5.64. The lowest BCUT2D eigenvalue weighted by Gasteiger charge is -2.28. The molecular formula is C22H34N6O2. The second-order valence-corrected chi connectivity index (χ2v) is 7.49. The number of para-hydroxylation sites is 1. The Morgan fingerprint density at radius 3 is 2.77 bits per heavy atom. The van der Waals surface area contributed by atoms with Gasteiger partial charge in [-0.3, -0.25) is 9.89 Å². The molecule has 1 unspecified atom stereocenters. The topological polar surface area (TPSA) is 87.8 Å². The second kappa shape index (κ2) is 11.5. The predicted octanol–water partition coefficient (Wildman–Crippen LogP) is 2.71. The minimum atomic E-state index is 0.209. The number of hydrogen-bond donors (Lipinski definition) is 2. The first-order valence-electron chi connectivity index (χ1n) is 10.9. The molecule has 1 aliphatic heterocycles. The third-order valence-corrected chi connectivity index (χ3v) is 5.28. The summed E-state index contributed by atoms with van der Waals surface area (Å²) in [7, 11) is 1.74. The lowest BCUT2D eigenvalue weighted by atomic mass is 10.0. The average Bonchev–Trinajstić information content (AvgIpc) is 3.43. The fraction of sp³-hybridized carbons (Fsp3) is 0.591. The summed E-state index contributed by atoms with van der Waals surface area (Å²) < 4.78 is 10.8. The molecule has 164 valence electrons. The van der Waals surface area contributed by atoms with Crippen molar-refractivity contribution in [2.75, 3.05) is 39.8 Å². The number of methoxy groups -OCH3 is 1. The molecule has 8 nitrogen and oxygen atoms in total. The summed E-state index contributed by atoms with van der Waals surface area (Å²) in [6, 6.07) is 8.49. The highest BCUT2D eigenvalue weighted by molar-refractivity contribution is 5.79. The van der Waals surface area contributed by atoms with Crippen LogP contribution in [0.4, 0.5) is 0 Å². The molecule has 2 N–H and O–H groups in total. The van der Waals surface area contributed by atoms with Crippen LogP contribution in [0.25, 0.3) is 0 Å². The van der Waals surface area contributed by atoms with Gasteiger partial charge >= 0.3 is 0 Å². The fourth-order valence-corrected chi connectivity index (χ4v) is 3.81. The Labute approximate surface area is 179 Å². The van der Waals surface area contributed by atoms with Crippen LogP contribution in [0.2, 0.25) is 0 Å². The van der Waals surface area contributed by atoms with Crippen molar-refractivity contribution < 1.29 is 9.26 Å². The first-order valence-corrected chi connectivity index (χ1v) is 10.9. The van der Waals surface area contributed by atoms with Gasteiger partial charge in [0.1, 0.15) is 5.75 Å². The SMILES string of the molecule is CCNC(=NCC(c1ccccc1OC)N1CCCC1)NCCCc1nc(C)no1. The van der Waals surface area contributed by atoms with Gasteiger partial charge in [-0.2, -0.15) is 4.98 Å². The number of aryl methyl sites for hydroxylation is 2. The molecule has 30 heavy (non-hydrogen) atoms. The van der Waals surface area contributed by atoms with E-state index >= 15 is 0 Å². The number of benzene rings is 1. The molecular weight excluding hydrogens is 380 g/mol. The summed E-state index contributed by atoms with van der Waals surface area (Å²) in [5, 5.41) is 10.6. The first-order chi connectivity index (χ1) is 14.7. The number of aromatic nitrogens is 2. The van der Waals surface area contributed by atoms with E-state index in [0.29, 0.717) is 18.3 Å². The number of nitrogens with one attached hydrogen (secondary N) is 2. The van der Waals surface area contributed by atoms with Crippen LogP contribution in [-0.4, -0.2) is 60.8 Å². The minimum absolute atomic E-state index is 0.209. The van der Waals surface area contributed by atoms with E-state index in [-0.39, 0.29) is 6.04 Å². The average molecular weight is 415 g/mol. The van der Waals surface area contributed by atoms with Crippen molar-refractivity contribution in [1.29, 1.82) is 0 Å². The first kappa shape index (κ1) is 22.1. The highest BCUT2D eigenvalue weighted by Gasteiger charge is 2.25. The maximum Gasteiger partial charge on any atom is 0.226 e. The Hall–Kier alpha value is -2.61. The monoisotopic (exact) mass is 414 g/mol. The van der Waals surface area contributed by atoms with Crippen LogP contribution in [0.1, 0.15) is 49.5 Å². The molecule has 3 rings (SSSR count). The maximum absolute atomic E-state index is 5.64. The van der Waals surface area contributed by atoms with Gasteiger partial charge in [-0.15, -0.1) is 0 Å². The quantitative estimate of drug-likeness (QED) is 0.351. The van der Waals surface area contributed by atoms with Crippen LogP contribution >= 0.6 is 0 Å². The predicted molar refractivity (Wildman–Crippen MR) is 118 cm³/mol. The van der Waals surface area contributed by atoms with E-state index in [4.69, 9.17) is 14.3 Å². The van der Waals surface area contributed by atoms with Crippen molar-refractivity contribution in [1.82, 2.24) is 25.7 Å². The number of rotatable bonds is 10. The lowest BCUT2D eigenvalue weighted by Crippen LogP contribution is -2.39. The number of guanidine groups is 1. The van der Waals surface area contributed by atoms with Gasteiger partial charge in [0.2, 0.25) is 5.89 Å². The van der Waals surface area contributed by atoms with Crippen molar-refractivity contribution in [2.24, 2.45) is 4.99 Å². The van der Waals surface area contributed by atoms with Gasteiger partial charge in [0, 0.05) is 25.1 Å². The standard InChI is InChI=1S/C22H34N6O2/c1-4-23-22(24-13-9-12-21-26-17(2)27-30-21)25-16-19(28-14-7-8-15-28)18-10-5-6-11-20(18)29-3/h5-6,10-11,19H,4,7-9,12-16H2,1-3H3,(H2,23,24,25). The van der Waals surface area contributed by atoms with Crippen LogP contribution in [-0.2, 0) is 6.42 Å². The van der Waals surface area contributed by atoms with Crippen molar-refractivity contribution >= 4 is 5.96 Å². The summed E-state index contributed by atoms with van der Waals surface area (Å²) in [5.41, 5.74) is 1.20. The molecule has 0 amide bonds. The Morgan fingerprint density at radius 2 is 2.07 bits per heavy atom. The Balaban J connectivity index is 1.63. The van der Waals surface area contributed by atoms with Crippen molar-refractivity contribution in [3.05, 3.63) is 41.5 Å². The number of hydrogen-bond acceptors (Lipinski definition) is 6. The van der Waals surface area contributed by atoms with E-state index in [9.17, 15) is 0 Å². The molecule has 1 aromatic heterocycles. The van der Waals surface area contributed by atoms with Crippen LogP contribution in [0.5, 0.6) is 5.75 Å². The van der Waals surface area contributed by atoms with Crippen molar-refractivity contribution in [3.8, 4) is 5.75 Å². The van der Waals surface area contributed by atoms with E-state index in [2.05, 4.69) is 44.7 Å². The van der Waals surface area contributed by atoms with Gasteiger partial charge in [-0.05, 0) is 52.3 Å². The summed E-state index contributed by atoms with van der Waals surface area (Å²) in [6.45, 7) is 8.40. The number of nitrogens with zero attached hydrogens (tertiary/aromatic N) is 4. The van der Waals surface area contributed by atoms with Crippen LogP contribution in [0.3, 0.4) is 0 Å². The number of likely N-dealkylation sites (tertiary alicyclic amines) is 1. The van der Waals surface area contributed by atoms with Gasteiger partial charge in [0.25, 0.3) is 0 Å². The molecule has 1 fully saturated rings. The second-order valence-electron chi connectivity index (χ2n) is 7.49. The molecule has 8 heteroatoms. The molecule has 0 saturated carbocycles. The highest BCUT2D eigenvalue weighted by atomic mass is 16.5. The largest absolute Gasteiger partial charge is 0.496 e. The van der Waals surface area contributed by atoms with Gasteiger partial charge in [0.15, 0.2) is 11.8 Å². The van der Waals surface area contributed by atoms with Crippen molar-refractivity contribution in [3.63, 3.8) is 0 Å². The van der Waals surface area contributed by atoms with E-state index in [0.717, 1.165) is 50.7 Å². The fourth-order valence-electron chi connectivity index (χ4n) is 3.81. The molecule has 1 aromatic carbocycles. The normalized spacial score (nSPS) is 15.9. The molecule has 1 atom stereocenters. The molecule has 1 aliphatic rings. The van der Waals surface area contributed by atoms with Crippen LogP contribution < -0.4 is 15.4 Å². The van der Waals surface area contributed by atoms with E-state index < -0.39 is 0 Å². The van der Waals surface area contributed by atoms with Crippen LogP contribution in [0.15, 0.2) is 33.8 Å². The summed E-state index contributed by atoms with van der Waals surface area (Å²) in [6.07, 6.45) is 4.13. The molecule has 0 bridgehead atoms. The van der Waals surface area contributed by atoms with Gasteiger partial charge in [-0.1, -0.05) is 23.4 Å². The Kier molecular flexibility index (Phi) is 8.50. The van der Waals surface area contributed by atoms with Gasteiger partial charge in [0.05, 0.1) is 19.7 Å². The number of aliphatic imine (C=N–C) groups is 1. The molecule has 1 saturated heterocycles. The molecule has 2 heterocycles. The van der Waals surface area contributed by atoms with Crippen LogP contribution in [0, 0.1) is 6.92 Å². The molecule has 0 radical (unpaired) electrons. The highest BCUT2D eigenvalue weighted by Crippen LogP contribution is 2.31. The third-order valence-electron chi connectivity index (χ3n) is 5.28. The lowest BCUT2D eigenvalue weighted by molar-refractivity contribution is 0.245. The van der Waals surface area contributed by atoms with E-state index in [1.807, 2.05) is 19.1 Å². The molecule has 0 aliphatic carbocycles. The Morgan fingerprint density at radius 1 is 1.27 bits per heavy atom. The Bertz CT molecular complexity index is 800. The van der Waals surface area contributed by atoms with Gasteiger partial charge < -0.3 is 19.9 Å². The zero-order valence-corrected chi connectivity index (χ0v) is 18.4. The summed E-state index contributed by atoms with van der Waals surface area (Å²) in [5.74, 6) is 3.12.